The molecule has 450 valence electrons. The highest BCUT2D eigenvalue weighted by Crippen LogP contribution is 2.60. The second-order valence-corrected chi connectivity index (χ2v) is 23.6. The first-order valence-corrected chi connectivity index (χ1v) is 30.5. The summed E-state index contributed by atoms with van der Waals surface area (Å²) >= 11 is 2.14. The highest BCUT2D eigenvalue weighted by molar-refractivity contribution is 8.25. The Labute approximate surface area is 495 Å². The zero-order valence-corrected chi connectivity index (χ0v) is 48.6. The van der Waals surface area contributed by atoms with Gasteiger partial charge in [-0.05, 0) is 134 Å². The Morgan fingerprint density at radius 2 is 0.893 bits per heavy atom. The number of benzene rings is 2. The maximum absolute atomic E-state index is 14.3. The molecule has 0 atom stereocenters. The summed E-state index contributed by atoms with van der Waals surface area (Å²) in [6.07, 6.45) is 9.03. The third kappa shape index (κ3) is 16.5. The average molecular weight is 1200 g/mol. The summed E-state index contributed by atoms with van der Waals surface area (Å²) in [5, 5.41) is 5.54. The number of ether oxygens (including phenoxy) is 9. The van der Waals surface area contributed by atoms with Crippen molar-refractivity contribution in [1.29, 1.82) is 0 Å². The summed E-state index contributed by atoms with van der Waals surface area (Å²) in [4.78, 5) is 131. The topological polar surface area (TPSA) is 269 Å². The molecule has 2 aromatic rings. The van der Waals surface area contributed by atoms with Crippen LogP contribution in [0.5, 0.6) is 11.5 Å². The molecule has 0 radical (unpaired) electrons. The lowest BCUT2D eigenvalue weighted by atomic mass is 9.82. The van der Waals surface area contributed by atoms with E-state index in [-0.39, 0.29) is 103 Å². The highest BCUT2D eigenvalue weighted by Gasteiger charge is 2.43. The number of nitrogens with zero attached hydrogens (tertiary/aromatic N) is 2. The van der Waals surface area contributed by atoms with Crippen LogP contribution in [0.25, 0.3) is 0 Å². The number of amides is 1. The van der Waals surface area contributed by atoms with Crippen molar-refractivity contribution in [2.24, 2.45) is 40.6 Å². The molecule has 2 aromatic carbocycles. The fourth-order valence-electron chi connectivity index (χ4n) is 10.9. The number of esters is 9. The number of carbonyl (C=O) groups excluding carboxylic acids is 10. The van der Waals surface area contributed by atoms with Gasteiger partial charge in [0.25, 0.3) is 5.91 Å². The molecule has 0 saturated heterocycles. The monoisotopic (exact) mass is 1200 g/mol. The Kier molecular flexibility index (Phi) is 22.8. The summed E-state index contributed by atoms with van der Waals surface area (Å²) in [7, 11) is 0. The van der Waals surface area contributed by atoms with Crippen molar-refractivity contribution in [3.8, 4) is 11.5 Å². The quantitative estimate of drug-likeness (QED) is 0.0330. The molecule has 2 heterocycles. The minimum atomic E-state index is -0.821. The number of hydrogen-bond donors (Lipinski definition) is 0. The van der Waals surface area contributed by atoms with Gasteiger partial charge in [0.15, 0.2) is 5.71 Å². The van der Waals surface area contributed by atoms with Crippen LogP contribution in [0.15, 0.2) is 92.5 Å². The molecule has 84 heavy (non-hydrogen) atoms. The van der Waals surface area contributed by atoms with Gasteiger partial charge in [-0.2, -0.15) is 10.1 Å². The lowest BCUT2D eigenvalue weighted by Gasteiger charge is -2.30. The summed E-state index contributed by atoms with van der Waals surface area (Å²) in [5.41, 5.74) is 0.144. The maximum Gasteiger partial charge on any atom is 0.359 e. The first-order chi connectivity index (χ1) is 40.6. The van der Waals surface area contributed by atoms with Gasteiger partial charge in [0.1, 0.15) is 23.7 Å². The number of carbonyl (C=O) groups is 10. The number of fused-ring (bicyclic) bond motifs is 1. The van der Waals surface area contributed by atoms with E-state index in [2.05, 4.69) is 18.3 Å². The first kappa shape index (κ1) is 62.8. The number of hydrazone groups is 1. The maximum atomic E-state index is 14.3. The standard InChI is InChI=1S/C61H70N2O19S2/c1-4-47(64)75-32-10-34-77-54(67)36-14-18-38(19-15-36)56(69)79-43-26-22-40(23-27-43)58(71)81-45-30-31-46(52-51(45)83-61(84-52)49-50(60(73)74-6-3)62-63(53(49)66)42-12-8-7-9-13-42)82-59(72)41-24-28-44(29-25-41)80-57(70)39-20-16-37(17-21-39)55(68)78-35-11-33-76-48(65)5-2/h4-5,7-9,12-13,30-31,36-41,43-44H,1-2,6,10-11,14-29,32-35H2,3H3. The summed E-state index contributed by atoms with van der Waals surface area (Å²) in [5.74, 6) is -7.12. The van der Waals surface area contributed by atoms with Crippen molar-refractivity contribution in [2.45, 2.75) is 144 Å². The van der Waals surface area contributed by atoms with E-state index in [1.54, 1.807) is 37.3 Å². The molecule has 4 aliphatic carbocycles. The molecule has 1 amide bonds. The predicted molar refractivity (Wildman–Crippen MR) is 302 cm³/mol. The van der Waals surface area contributed by atoms with E-state index in [0.717, 1.165) is 40.7 Å². The Balaban J connectivity index is 0.864. The van der Waals surface area contributed by atoms with Crippen LogP contribution < -0.4 is 14.5 Å². The van der Waals surface area contributed by atoms with E-state index in [1.807, 2.05) is 0 Å². The summed E-state index contributed by atoms with van der Waals surface area (Å²) in [6, 6.07) is 11.6. The third-order valence-electron chi connectivity index (χ3n) is 15.6. The third-order valence-corrected chi connectivity index (χ3v) is 18.3. The Bertz CT molecular complexity index is 2730. The minimum absolute atomic E-state index is 0.0141. The fraction of sp³-hybridized carbons (Fsp3) is 0.525. The Morgan fingerprint density at radius 3 is 1.30 bits per heavy atom. The minimum Gasteiger partial charge on any atom is -0.465 e. The van der Waals surface area contributed by atoms with Gasteiger partial charge in [-0.3, -0.25) is 33.6 Å². The molecule has 0 unspecified atom stereocenters. The Hall–Kier alpha value is -7.27. The van der Waals surface area contributed by atoms with E-state index in [1.165, 1.54) is 12.1 Å². The van der Waals surface area contributed by atoms with Crippen LogP contribution in [0.3, 0.4) is 0 Å². The van der Waals surface area contributed by atoms with E-state index < -0.39 is 59.8 Å². The average Bonchev–Trinajstić information content (AvgIpc) is 4.16. The molecule has 2 aliphatic heterocycles. The molecule has 0 spiro atoms. The molecule has 8 rings (SSSR count). The van der Waals surface area contributed by atoms with Crippen LogP contribution in [0.4, 0.5) is 5.69 Å². The van der Waals surface area contributed by atoms with Gasteiger partial charge in [0.2, 0.25) is 0 Å². The number of rotatable bonds is 23. The number of thioether (sulfide) groups is 2. The second-order valence-electron chi connectivity index (χ2n) is 21.3. The zero-order chi connectivity index (χ0) is 59.7. The van der Waals surface area contributed by atoms with Crippen LogP contribution in [-0.4, -0.2) is 111 Å². The number of para-hydroxylation sites is 1. The van der Waals surface area contributed by atoms with E-state index in [0.29, 0.717) is 135 Å². The summed E-state index contributed by atoms with van der Waals surface area (Å²) in [6.45, 7) is 8.77. The molecule has 0 N–H and O–H groups in total. The summed E-state index contributed by atoms with van der Waals surface area (Å²) < 4.78 is 50.3. The van der Waals surface area contributed by atoms with E-state index in [9.17, 15) is 47.9 Å². The van der Waals surface area contributed by atoms with Gasteiger partial charge in [0, 0.05) is 25.0 Å². The predicted octanol–water partition coefficient (Wildman–Crippen LogP) is 9.01. The smallest absolute Gasteiger partial charge is 0.359 e. The lowest BCUT2D eigenvalue weighted by molar-refractivity contribution is -0.161. The van der Waals surface area contributed by atoms with Crippen LogP contribution >= 0.6 is 23.5 Å². The number of anilines is 1. The molecule has 4 saturated carbocycles. The van der Waals surface area contributed by atoms with Gasteiger partial charge < -0.3 is 42.6 Å². The van der Waals surface area contributed by atoms with Crippen molar-refractivity contribution in [3.63, 3.8) is 0 Å². The Morgan fingerprint density at radius 1 is 0.512 bits per heavy atom. The molecule has 21 nitrogen and oxygen atoms in total. The second kappa shape index (κ2) is 30.5. The number of hydrogen-bond acceptors (Lipinski definition) is 22. The first-order valence-electron chi connectivity index (χ1n) is 28.8. The van der Waals surface area contributed by atoms with Crippen molar-refractivity contribution < 1.29 is 90.6 Å². The van der Waals surface area contributed by atoms with E-state index in [4.69, 9.17) is 42.6 Å². The van der Waals surface area contributed by atoms with Crippen molar-refractivity contribution in [2.75, 3.05) is 38.0 Å². The van der Waals surface area contributed by atoms with Gasteiger partial charge in [0.05, 0.1) is 93.8 Å². The van der Waals surface area contributed by atoms with Crippen LogP contribution in [0.1, 0.15) is 122 Å². The zero-order valence-electron chi connectivity index (χ0n) is 47.0. The molecule has 4 fully saturated rings. The van der Waals surface area contributed by atoms with Gasteiger partial charge in [-0.1, -0.05) is 54.9 Å². The van der Waals surface area contributed by atoms with Gasteiger partial charge in [-0.15, -0.1) is 0 Å². The SMILES string of the molecule is C=CC(=O)OCCCOC(=O)C1CCC(C(=O)OC2CCC(C(=O)Oc3ccc(OC(=O)C4CCC(OC(=O)C5CCC(C(=O)OCCCOC(=O)C=C)CC5)CC4)c4c3SC(=C3C(=O)N(c5ccccc5)N=C3C(=O)OCC)S4)CC2)CC1. The molecule has 23 heteroatoms. The van der Waals surface area contributed by atoms with Crippen molar-refractivity contribution >= 4 is 94.6 Å². The molecule has 0 aromatic heterocycles. The van der Waals surface area contributed by atoms with Gasteiger partial charge >= 0.3 is 53.7 Å². The molecular formula is C61H70N2O19S2. The van der Waals surface area contributed by atoms with Crippen LogP contribution in [0.2, 0.25) is 0 Å². The largest absolute Gasteiger partial charge is 0.465 e. The highest BCUT2D eigenvalue weighted by atomic mass is 32.2. The van der Waals surface area contributed by atoms with Gasteiger partial charge in [-0.25, -0.2) is 14.4 Å². The normalized spacial score (nSPS) is 23.8. The van der Waals surface area contributed by atoms with Crippen LogP contribution in [0, 0.1) is 35.5 Å². The molecule has 0 bridgehead atoms. The van der Waals surface area contributed by atoms with Crippen molar-refractivity contribution in [1.82, 2.24) is 0 Å². The fourth-order valence-corrected chi connectivity index (χ4v) is 13.6. The van der Waals surface area contributed by atoms with E-state index >= 15 is 0 Å². The van der Waals surface area contributed by atoms with Crippen molar-refractivity contribution in [3.05, 3.63) is 77.6 Å². The molecular weight excluding hydrogens is 1130 g/mol. The molecule has 6 aliphatic rings. The lowest BCUT2D eigenvalue weighted by Crippen LogP contribution is -2.33. The van der Waals surface area contributed by atoms with Crippen LogP contribution in [-0.2, 0) is 81.1 Å².